The van der Waals surface area contributed by atoms with E-state index in [4.69, 9.17) is 0 Å². The number of anilines is 1. The predicted molar refractivity (Wildman–Crippen MR) is 85.9 cm³/mol. The van der Waals surface area contributed by atoms with E-state index >= 15 is 0 Å². The van der Waals surface area contributed by atoms with E-state index in [1.807, 2.05) is 0 Å². The van der Waals surface area contributed by atoms with Gasteiger partial charge in [0.2, 0.25) is 0 Å². The van der Waals surface area contributed by atoms with Crippen molar-refractivity contribution >= 4 is 5.69 Å². The summed E-state index contributed by atoms with van der Waals surface area (Å²) in [6.45, 7) is 5.74. The van der Waals surface area contributed by atoms with E-state index in [0.717, 1.165) is 18.4 Å². The highest BCUT2D eigenvalue weighted by Crippen LogP contribution is 2.22. The number of benzene rings is 2. The van der Waals surface area contributed by atoms with Crippen LogP contribution >= 0.6 is 0 Å². The normalized spacial score (nSPS) is 16.4. The maximum absolute atomic E-state index is 3.54. The van der Waals surface area contributed by atoms with Crippen molar-refractivity contribution in [3.63, 3.8) is 0 Å². The topological polar surface area (TPSA) is 24.1 Å². The van der Waals surface area contributed by atoms with E-state index in [1.54, 1.807) is 0 Å². The van der Waals surface area contributed by atoms with E-state index in [0.29, 0.717) is 0 Å². The first-order valence-electron chi connectivity index (χ1n) is 7.43. The van der Waals surface area contributed by atoms with Gasteiger partial charge in [-0.15, -0.1) is 0 Å². The van der Waals surface area contributed by atoms with Crippen LogP contribution in [0.15, 0.2) is 54.6 Å². The standard InChI is InChI=1S/C18H22N2/c1-14(17-12-19-13-17)11-20-18-9-7-16(8-10-18)15-5-3-2-4-6-15/h2-10,14,17,19-20H,11-13H2,1H3. The third-order valence-electron chi connectivity index (χ3n) is 4.24. The first-order chi connectivity index (χ1) is 9.83. The van der Waals surface area contributed by atoms with E-state index in [9.17, 15) is 0 Å². The molecule has 1 heterocycles. The molecule has 0 bridgehead atoms. The van der Waals surface area contributed by atoms with Gasteiger partial charge in [-0.1, -0.05) is 49.4 Å². The van der Waals surface area contributed by atoms with Gasteiger partial charge in [-0.2, -0.15) is 0 Å². The molecule has 20 heavy (non-hydrogen) atoms. The minimum Gasteiger partial charge on any atom is -0.385 e. The van der Waals surface area contributed by atoms with Crippen molar-refractivity contribution in [2.24, 2.45) is 11.8 Å². The Morgan fingerprint density at radius 1 is 1.00 bits per heavy atom. The average Bonchev–Trinajstić information content (AvgIpc) is 2.45. The molecular formula is C18H22N2. The second kappa shape index (κ2) is 6.10. The van der Waals surface area contributed by atoms with Crippen molar-refractivity contribution in [2.75, 3.05) is 25.0 Å². The summed E-state index contributed by atoms with van der Waals surface area (Å²) in [5.74, 6) is 1.57. The fourth-order valence-electron chi connectivity index (χ4n) is 2.57. The fourth-order valence-corrected chi connectivity index (χ4v) is 2.57. The molecule has 1 atom stereocenters. The SMILES string of the molecule is CC(CNc1ccc(-c2ccccc2)cc1)C1CNC1. The summed E-state index contributed by atoms with van der Waals surface area (Å²) in [7, 11) is 0. The Morgan fingerprint density at radius 3 is 2.25 bits per heavy atom. The van der Waals surface area contributed by atoms with Gasteiger partial charge in [-0.25, -0.2) is 0 Å². The first-order valence-corrected chi connectivity index (χ1v) is 7.43. The minimum absolute atomic E-state index is 0.727. The van der Waals surface area contributed by atoms with Crippen molar-refractivity contribution in [3.05, 3.63) is 54.6 Å². The second-order valence-electron chi connectivity index (χ2n) is 5.72. The third kappa shape index (κ3) is 3.02. The Balaban J connectivity index is 1.58. The molecule has 2 N–H and O–H groups in total. The summed E-state index contributed by atoms with van der Waals surface area (Å²) in [5.41, 5.74) is 3.75. The van der Waals surface area contributed by atoms with Gasteiger partial charge in [0, 0.05) is 12.2 Å². The molecule has 0 aromatic heterocycles. The molecule has 104 valence electrons. The minimum atomic E-state index is 0.727. The van der Waals surface area contributed by atoms with E-state index < -0.39 is 0 Å². The number of rotatable bonds is 5. The monoisotopic (exact) mass is 266 g/mol. The van der Waals surface area contributed by atoms with E-state index in [-0.39, 0.29) is 0 Å². The lowest BCUT2D eigenvalue weighted by molar-refractivity contribution is 0.258. The van der Waals surface area contributed by atoms with Gasteiger partial charge in [0.15, 0.2) is 0 Å². The second-order valence-corrected chi connectivity index (χ2v) is 5.72. The molecule has 3 rings (SSSR count). The van der Waals surface area contributed by atoms with Crippen LogP contribution in [0.3, 0.4) is 0 Å². The molecule has 0 amide bonds. The highest BCUT2D eigenvalue weighted by atomic mass is 15.0. The van der Waals surface area contributed by atoms with Crippen LogP contribution in [0.2, 0.25) is 0 Å². The maximum Gasteiger partial charge on any atom is 0.0340 e. The van der Waals surface area contributed by atoms with Gasteiger partial charge in [0.25, 0.3) is 0 Å². The Morgan fingerprint density at radius 2 is 1.65 bits per heavy atom. The molecule has 0 aliphatic carbocycles. The zero-order chi connectivity index (χ0) is 13.8. The highest BCUT2D eigenvalue weighted by molar-refractivity contribution is 5.65. The van der Waals surface area contributed by atoms with Gasteiger partial charge in [0.05, 0.1) is 0 Å². The lowest BCUT2D eigenvalue weighted by atomic mass is 9.89. The molecule has 2 nitrogen and oxygen atoms in total. The molecular weight excluding hydrogens is 244 g/mol. The van der Waals surface area contributed by atoms with Crippen LogP contribution in [0.1, 0.15) is 6.92 Å². The van der Waals surface area contributed by atoms with Crippen LogP contribution in [0.5, 0.6) is 0 Å². The zero-order valence-electron chi connectivity index (χ0n) is 12.0. The number of hydrogen-bond acceptors (Lipinski definition) is 2. The Hall–Kier alpha value is -1.80. The third-order valence-corrected chi connectivity index (χ3v) is 4.24. The lowest BCUT2D eigenvalue weighted by Crippen LogP contribution is -2.46. The molecule has 1 saturated heterocycles. The molecule has 1 unspecified atom stereocenters. The van der Waals surface area contributed by atoms with E-state index in [1.165, 1.54) is 29.9 Å². The largest absolute Gasteiger partial charge is 0.385 e. The first kappa shape index (κ1) is 13.2. The predicted octanol–water partition coefficient (Wildman–Crippen LogP) is 3.62. The molecule has 1 aliphatic heterocycles. The summed E-state index contributed by atoms with van der Waals surface area (Å²) < 4.78 is 0. The Kier molecular flexibility index (Phi) is 4.03. The Labute approximate surface area is 121 Å². The van der Waals surface area contributed by atoms with Crippen LogP contribution in [0.25, 0.3) is 11.1 Å². The molecule has 1 aliphatic rings. The molecule has 2 aromatic carbocycles. The molecule has 0 radical (unpaired) electrons. The maximum atomic E-state index is 3.54. The molecule has 0 saturated carbocycles. The highest BCUT2D eigenvalue weighted by Gasteiger charge is 2.22. The molecule has 2 heteroatoms. The van der Waals surface area contributed by atoms with Crippen LogP contribution in [-0.4, -0.2) is 19.6 Å². The van der Waals surface area contributed by atoms with Gasteiger partial charge < -0.3 is 10.6 Å². The molecule has 2 aromatic rings. The van der Waals surface area contributed by atoms with Crippen molar-refractivity contribution in [3.8, 4) is 11.1 Å². The fraction of sp³-hybridized carbons (Fsp3) is 0.333. The lowest BCUT2D eigenvalue weighted by Gasteiger charge is -2.32. The molecule has 0 spiro atoms. The average molecular weight is 266 g/mol. The Bertz CT molecular complexity index is 529. The summed E-state index contributed by atoms with van der Waals surface area (Å²) in [5, 5.41) is 6.88. The quantitative estimate of drug-likeness (QED) is 0.863. The summed E-state index contributed by atoms with van der Waals surface area (Å²) in [4.78, 5) is 0. The summed E-state index contributed by atoms with van der Waals surface area (Å²) in [6, 6.07) is 19.2. The van der Waals surface area contributed by atoms with Gasteiger partial charge in [0.1, 0.15) is 0 Å². The van der Waals surface area contributed by atoms with Crippen LogP contribution in [-0.2, 0) is 0 Å². The zero-order valence-corrected chi connectivity index (χ0v) is 12.0. The van der Waals surface area contributed by atoms with Crippen molar-refractivity contribution in [1.82, 2.24) is 5.32 Å². The number of nitrogens with one attached hydrogen (secondary N) is 2. The van der Waals surface area contributed by atoms with Crippen molar-refractivity contribution in [1.29, 1.82) is 0 Å². The molecule has 1 fully saturated rings. The summed E-state index contributed by atoms with van der Waals surface area (Å²) >= 11 is 0. The van der Waals surface area contributed by atoms with Crippen molar-refractivity contribution in [2.45, 2.75) is 6.92 Å². The van der Waals surface area contributed by atoms with Gasteiger partial charge in [-0.05, 0) is 48.2 Å². The van der Waals surface area contributed by atoms with Gasteiger partial charge in [-0.3, -0.25) is 0 Å². The smallest absolute Gasteiger partial charge is 0.0340 e. The van der Waals surface area contributed by atoms with E-state index in [2.05, 4.69) is 72.2 Å². The van der Waals surface area contributed by atoms with Crippen LogP contribution < -0.4 is 10.6 Å². The van der Waals surface area contributed by atoms with Gasteiger partial charge >= 0.3 is 0 Å². The van der Waals surface area contributed by atoms with Crippen molar-refractivity contribution < 1.29 is 0 Å². The van der Waals surface area contributed by atoms with Crippen LogP contribution in [0, 0.1) is 11.8 Å². The summed E-state index contributed by atoms with van der Waals surface area (Å²) in [6.07, 6.45) is 0. The van der Waals surface area contributed by atoms with Crippen LogP contribution in [0.4, 0.5) is 5.69 Å². The number of hydrogen-bond donors (Lipinski definition) is 2.